The smallest absolute Gasteiger partial charge is 0.211 e. The van der Waals surface area contributed by atoms with E-state index in [-0.39, 0.29) is 11.3 Å². The third-order valence-electron chi connectivity index (χ3n) is 3.48. The zero-order valence-electron chi connectivity index (χ0n) is 10.4. The summed E-state index contributed by atoms with van der Waals surface area (Å²) in [6, 6.07) is 7.00. The van der Waals surface area contributed by atoms with E-state index in [0.29, 0.717) is 11.4 Å². The molecule has 1 saturated carbocycles. The van der Waals surface area contributed by atoms with Gasteiger partial charge < -0.3 is 0 Å². The third kappa shape index (κ3) is 3.05. The summed E-state index contributed by atoms with van der Waals surface area (Å²) in [5.74, 6) is 0.255. The van der Waals surface area contributed by atoms with Crippen LogP contribution in [0.15, 0.2) is 29.2 Å². The summed E-state index contributed by atoms with van der Waals surface area (Å²) < 4.78 is 27.0. The first-order chi connectivity index (χ1) is 8.50. The lowest BCUT2D eigenvalue weighted by molar-refractivity contribution is 0.523. The second-order valence-corrected chi connectivity index (χ2v) is 7.12. The number of rotatable bonds is 4. The second kappa shape index (κ2) is 5.59. The number of benzene rings is 1. The van der Waals surface area contributed by atoms with Gasteiger partial charge in [-0.2, -0.15) is 0 Å². The molecule has 0 radical (unpaired) electrons. The average Bonchev–Trinajstić information content (AvgIpc) is 2.73. The Hall–Kier alpha value is -0.580. The fraction of sp³-hybridized carbons (Fsp3) is 0.538. The van der Waals surface area contributed by atoms with Gasteiger partial charge in [-0.05, 0) is 37.3 Å². The molecule has 2 atom stereocenters. The fourth-order valence-electron chi connectivity index (χ4n) is 2.37. The summed E-state index contributed by atoms with van der Waals surface area (Å²) in [5, 5.41) is 0.101. The van der Waals surface area contributed by atoms with Crippen molar-refractivity contribution in [2.75, 3.05) is 6.54 Å². The van der Waals surface area contributed by atoms with Crippen molar-refractivity contribution in [1.29, 1.82) is 0 Å². The first-order valence-electron chi connectivity index (χ1n) is 6.20. The molecule has 1 aromatic rings. The van der Waals surface area contributed by atoms with Crippen LogP contribution in [0.5, 0.6) is 0 Å². The van der Waals surface area contributed by atoms with Gasteiger partial charge >= 0.3 is 0 Å². The van der Waals surface area contributed by atoms with Crippen LogP contribution in [-0.4, -0.2) is 20.3 Å². The maximum atomic E-state index is 12.2. The number of alkyl halides is 1. The van der Waals surface area contributed by atoms with Crippen LogP contribution in [0.1, 0.15) is 24.8 Å². The molecule has 1 aliphatic carbocycles. The molecule has 0 amide bonds. The Labute approximate surface area is 114 Å². The Morgan fingerprint density at radius 3 is 2.67 bits per heavy atom. The van der Waals surface area contributed by atoms with Gasteiger partial charge in [0.2, 0.25) is 10.0 Å². The van der Waals surface area contributed by atoms with Crippen molar-refractivity contribution in [3.8, 4) is 0 Å². The quantitative estimate of drug-likeness (QED) is 0.866. The lowest BCUT2D eigenvalue weighted by Gasteiger charge is -2.15. The maximum absolute atomic E-state index is 12.2. The van der Waals surface area contributed by atoms with Crippen LogP contribution >= 0.6 is 11.6 Å². The second-order valence-electron chi connectivity index (χ2n) is 4.82. The number of hydrogen-bond donors (Lipinski definition) is 1. The van der Waals surface area contributed by atoms with E-state index in [0.717, 1.165) is 24.8 Å². The highest BCUT2D eigenvalue weighted by Crippen LogP contribution is 2.29. The van der Waals surface area contributed by atoms with Crippen molar-refractivity contribution in [2.45, 2.75) is 36.5 Å². The van der Waals surface area contributed by atoms with Crippen LogP contribution < -0.4 is 4.72 Å². The SMILES string of the molecule is Cc1ccccc1S(=O)(=O)NCC1CCCC1Cl. The largest absolute Gasteiger partial charge is 0.240 e. The molecule has 2 unspecified atom stereocenters. The molecule has 2 rings (SSSR count). The molecule has 1 aromatic carbocycles. The summed E-state index contributed by atoms with van der Waals surface area (Å²) in [4.78, 5) is 0.356. The first kappa shape index (κ1) is 13.8. The van der Waals surface area contributed by atoms with E-state index in [1.807, 2.05) is 6.07 Å². The average molecular weight is 288 g/mol. The normalized spacial score (nSPS) is 24.3. The minimum absolute atomic E-state index is 0.101. The molecular formula is C13H18ClNO2S. The molecule has 100 valence electrons. The van der Waals surface area contributed by atoms with Crippen LogP contribution in [0, 0.1) is 12.8 Å². The number of aryl methyl sites for hydroxylation is 1. The monoisotopic (exact) mass is 287 g/mol. The van der Waals surface area contributed by atoms with Crippen molar-refractivity contribution >= 4 is 21.6 Å². The molecule has 1 N–H and O–H groups in total. The number of nitrogens with one attached hydrogen (secondary N) is 1. The van der Waals surface area contributed by atoms with Crippen LogP contribution in [0.3, 0.4) is 0 Å². The minimum atomic E-state index is -3.41. The predicted octanol–water partition coefficient (Wildman–Crippen LogP) is 2.68. The molecule has 1 aliphatic rings. The standard InChI is InChI=1S/C13H18ClNO2S/c1-10-5-2-3-8-13(10)18(16,17)15-9-11-6-4-7-12(11)14/h2-3,5,8,11-12,15H,4,6-7,9H2,1H3. The summed E-state index contributed by atoms with van der Waals surface area (Å²) in [6.07, 6.45) is 3.08. The first-order valence-corrected chi connectivity index (χ1v) is 8.12. The molecular weight excluding hydrogens is 270 g/mol. The van der Waals surface area contributed by atoms with Crippen molar-refractivity contribution in [2.24, 2.45) is 5.92 Å². The van der Waals surface area contributed by atoms with Gasteiger partial charge in [-0.25, -0.2) is 13.1 Å². The highest BCUT2D eigenvalue weighted by molar-refractivity contribution is 7.89. The number of hydrogen-bond acceptors (Lipinski definition) is 2. The van der Waals surface area contributed by atoms with Crippen LogP contribution in [-0.2, 0) is 10.0 Å². The van der Waals surface area contributed by atoms with Crippen LogP contribution in [0.25, 0.3) is 0 Å². The summed E-state index contributed by atoms with van der Waals surface area (Å²) in [7, 11) is -3.41. The van der Waals surface area contributed by atoms with Gasteiger partial charge in [-0.15, -0.1) is 11.6 Å². The molecule has 1 fully saturated rings. The van der Waals surface area contributed by atoms with E-state index >= 15 is 0 Å². The van der Waals surface area contributed by atoms with Crippen LogP contribution in [0.2, 0.25) is 0 Å². The highest BCUT2D eigenvalue weighted by atomic mass is 35.5. The highest BCUT2D eigenvalue weighted by Gasteiger charge is 2.27. The van der Waals surface area contributed by atoms with Gasteiger partial charge in [0.15, 0.2) is 0 Å². The Kier molecular flexibility index (Phi) is 4.30. The number of halogens is 1. The Balaban J connectivity index is 2.06. The lowest BCUT2D eigenvalue weighted by atomic mass is 10.1. The van der Waals surface area contributed by atoms with E-state index in [1.54, 1.807) is 25.1 Å². The molecule has 0 heterocycles. The third-order valence-corrected chi connectivity index (χ3v) is 5.64. The summed E-state index contributed by atoms with van der Waals surface area (Å²) >= 11 is 6.15. The van der Waals surface area contributed by atoms with Gasteiger partial charge in [0.25, 0.3) is 0 Å². The van der Waals surface area contributed by atoms with Crippen molar-refractivity contribution in [3.63, 3.8) is 0 Å². The Bertz CT molecular complexity index is 515. The predicted molar refractivity (Wildman–Crippen MR) is 73.3 cm³/mol. The molecule has 0 aliphatic heterocycles. The fourth-order valence-corrected chi connectivity index (χ4v) is 4.08. The topological polar surface area (TPSA) is 46.2 Å². The van der Waals surface area contributed by atoms with E-state index in [9.17, 15) is 8.42 Å². The van der Waals surface area contributed by atoms with Crippen molar-refractivity contribution in [3.05, 3.63) is 29.8 Å². The zero-order chi connectivity index (χ0) is 13.2. The van der Waals surface area contributed by atoms with Gasteiger partial charge in [0.1, 0.15) is 0 Å². The molecule has 18 heavy (non-hydrogen) atoms. The van der Waals surface area contributed by atoms with E-state index in [1.165, 1.54) is 0 Å². The minimum Gasteiger partial charge on any atom is -0.211 e. The van der Waals surface area contributed by atoms with E-state index < -0.39 is 10.0 Å². The van der Waals surface area contributed by atoms with E-state index in [4.69, 9.17) is 11.6 Å². The molecule has 0 aromatic heterocycles. The van der Waals surface area contributed by atoms with Gasteiger partial charge in [-0.3, -0.25) is 0 Å². The van der Waals surface area contributed by atoms with Gasteiger partial charge in [0, 0.05) is 11.9 Å². The molecule has 0 bridgehead atoms. The van der Waals surface area contributed by atoms with Crippen LogP contribution in [0.4, 0.5) is 0 Å². The van der Waals surface area contributed by atoms with E-state index in [2.05, 4.69) is 4.72 Å². The molecule has 3 nitrogen and oxygen atoms in total. The molecule has 0 spiro atoms. The molecule has 5 heteroatoms. The molecule has 0 saturated heterocycles. The van der Waals surface area contributed by atoms with Gasteiger partial charge in [0.05, 0.1) is 4.90 Å². The number of sulfonamides is 1. The lowest BCUT2D eigenvalue weighted by Crippen LogP contribution is -2.31. The van der Waals surface area contributed by atoms with Gasteiger partial charge in [-0.1, -0.05) is 24.6 Å². The Morgan fingerprint density at radius 1 is 1.33 bits per heavy atom. The van der Waals surface area contributed by atoms with Crippen molar-refractivity contribution < 1.29 is 8.42 Å². The summed E-state index contributed by atoms with van der Waals surface area (Å²) in [5.41, 5.74) is 0.763. The Morgan fingerprint density at radius 2 is 2.06 bits per heavy atom. The zero-order valence-corrected chi connectivity index (χ0v) is 12.0. The maximum Gasteiger partial charge on any atom is 0.240 e. The summed E-state index contributed by atoms with van der Waals surface area (Å²) in [6.45, 7) is 2.24. The van der Waals surface area contributed by atoms with Crippen molar-refractivity contribution in [1.82, 2.24) is 4.72 Å².